The molecule has 3 heteroatoms. The van der Waals surface area contributed by atoms with Gasteiger partial charge in [0.15, 0.2) is 0 Å². The number of allylic oxidation sites excluding steroid dienone is 2. The van der Waals surface area contributed by atoms with Crippen LogP contribution >= 0.6 is 20.8 Å². The van der Waals surface area contributed by atoms with Crippen LogP contribution in [-0.4, -0.2) is 6.16 Å². The zero-order chi connectivity index (χ0) is 20.6. The monoisotopic (exact) mass is 470 g/mol. The molecule has 0 aliphatic carbocycles. The third-order valence-electron chi connectivity index (χ3n) is 5.57. The molecule has 0 aliphatic heterocycles. The minimum absolute atomic E-state index is 0.0126. The Morgan fingerprint density at radius 1 is 0.793 bits per heavy atom. The van der Waals surface area contributed by atoms with Crippen molar-refractivity contribution in [3.8, 4) is 0 Å². The SMILES string of the molecule is CCCCC(F)=CCCP(Br)(c1ccccc1)(c1ccccc1)c1ccccc1. The van der Waals surface area contributed by atoms with Crippen molar-refractivity contribution in [3.05, 3.63) is 103 Å². The molecule has 0 amide bonds. The van der Waals surface area contributed by atoms with E-state index >= 15 is 0 Å². The Balaban J connectivity index is 2.17. The van der Waals surface area contributed by atoms with Gasteiger partial charge >= 0.3 is 183 Å². The molecule has 0 atom stereocenters. The fraction of sp³-hybridized carbons (Fsp3) is 0.231. The van der Waals surface area contributed by atoms with Crippen LogP contribution in [0.3, 0.4) is 0 Å². The molecule has 0 nitrogen and oxygen atoms in total. The Labute approximate surface area is 182 Å². The van der Waals surface area contributed by atoms with Crippen LogP contribution in [0.2, 0.25) is 0 Å². The van der Waals surface area contributed by atoms with Crippen LogP contribution in [0.5, 0.6) is 0 Å². The Hall–Kier alpha value is -1.76. The first kappa shape index (κ1) is 21.9. The topological polar surface area (TPSA) is 0 Å². The first-order chi connectivity index (χ1) is 14.1. The van der Waals surface area contributed by atoms with E-state index in [9.17, 15) is 4.39 Å². The molecule has 0 heterocycles. The molecule has 0 saturated heterocycles. The second kappa shape index (κ2) is 9.83. The van der Waals surface area contributed by atoms with Gasteiger partial charge in [-0.1, -0.05) is 0 Å². The fourth-order valence-corrected chi connectivity index (χ4v) is 11.4. The first-order valence-corrected chi connectivity index (χ1v) is 14.8. The predicted molar refractivity (Wildman–Crippen MR) is 132 cm³/mol. The molecule has 0 aromatic heterocycles. The number of hydrogen-bond donors (Lipinski definition) is 0. The van der Waals surface area contributed by atoms with Crippen molar-refractivity contribution < 1.29 is 4.39 Å². The number of rotatable bonds is 9. The molecule has 0 radical (unpaired) electrons. The fourth-order valence-electron chi connectivity index (χ4n) is 3.96. The van der Waals surface area contributed by atoms with E-state index in [1.165, 1.54) is 15.9 Å². The average molecular weight is 471 g/mol. The van der Waals surface area contributed by atoms with Crippen molar-refractivity contribution in [2.24, 2.45) is 0 Å². The van der Waals surface area contributed by atoms with E-state index in [1.807, 2.05) is 0 Å². The van der Waals surface area contributed by atoms with Crippen LogP contribution in [0.15, 0.2) is 103 Å². The molecule has 29 heavy (non-hydrogen) atoms. The summed E-state index contributed by atoms with van der Waals surface area (Å²) in [6.45, 7) is 2.10. The molecule has 3 aromatic carbocycles. The Kier molecular flexibility index (Phi) is 7.44. The van der Waals surface area contributed by atoms with E-state index in [1.54, 1.807) is 6.08 Å². The molecule has 0 saturated carbocycles. The predicted octanol–water partition coefficient (Wildman–Crippen LogP) is 7.26. The molecule has 0 aliphatic rings. The van der Waals surface area contributed by atoms with Crippen LogP contribution in [0, 0.1) is 0 Å². The van der Waals surface area contributed by atoms with Gasteiger partial charge in [-0.25, -0.2) is 0 Å². The molecule has 152 valence electrons. The molecular formula is C26H29BrFP. The van der Waals surface area contributed by atoms with Crippen LogP contribution in [0.4, 0.5) is 4.39 Å². The van der Waals surface area contributed by atoms with Crippen molar-refractivity contribution >= 4 is 36.7 Å². The van der Waals surface area contributed by atoms with Gasteiger partial charge in [0.2, 0.25) is 0 Å². The summed E-state index contributed by atoms with van der Waals surface area (Å²) < 4.78 is 14.4. The molecule has 0 unspecified atom stereocenters. The molecule has 0 N–H and O–H groups in total. The summed E-state index contributed by atoms with van der Waals surface area (Å²) in [7, 11) is 0. The normalized spacial score (nSPS) is 13.6. The van der Waals surface area contributed by atoms with Crippen molar-refractivity contribution in [1.29, 1.82) is 0 Å². The van der Waals surface area contributed by atoms with Gasteiger partial charge < -0.3 is 0 Å². The van der Waals surface area contributed by atoms with Gasteiger partial charge in [-0.3, -0.25) is 0 Å². The van der Waals surface area contributed by atoms with Crippen molar-refractivity contribution in [1.82, 2.24) is 0 Å². The van der Waals surface area contributed by atoms with Gasteiger partial charge in [-0.15, -0.1) is 0 Å². The molecule has 3 rings (SSSR count). The third-order valence-corrected chi connectivity index (χ3v) is 15.5. The summed E-state index contributed by atoms with van der Waals surface area (Å²) in [5.74, 6) is 0.0126. The minimum atomic E-state index is -2.93. The zero-order valence-corrected chi connectivity index (χ0v) is 19.5. The van der Waals surface area contributed by atoms with Crippen molar-refractivity contribution in [2.75, 3.05) is 6.16 Å². The van der Waals surface area contributed by atoms with Gasteiger partial charge in [0, 0.05) is 0 Å². The van der Waals surface area contributed by atoms with E-state index in [0.29, 0.717) is 12.8 Å². The van der Waals surface area contributed by atoms with E-state index in [-0.39, 0.29) is 5.83 Å². The molecule has 0 spiro atoms. The quantitative estimate of drug-likeness (QED) is 0.288. The number of halogens is 2. The number of benzene rings is 3. The van der Waals surface area contributed by atoms with Gasteiger partial charge in [0.1, 0.15) is 0 Å². The van der Waals surface area contributed by atoms with Gasteiger partial charge in [0.25, 0.3) is 0 Å². The first-order valence-electron chi connectivity index (χ1n) is 10.3. The van der Waals surface area contributed by atoms with E-state index < -0.39 is 5.31 Å². The second-order valence-corrected chi connectivity index (χ2v) is 16.5. The van der Waals surface area contributed by atoms with E-state index in [2.05, 4.69) is 113 Å². The summed E-state index contributed by atoms with van der Waals surface area (Å²) >= 11 is 4.40. The molecular weight excluding hydrogens is 442 g/mol. The van der Waals surface area contributed by atoms with Crippen LogP contribution in [-0.2, 0) is 0 Å². The maximum atomic E-state index is 14.4. The number of unbranched alkanes of at least 4 members (excludes halogenated alkanes) is 1. The summed E-state index contributed by atoms with van der Waals surface area (Å²) in [6, 6.07) is 32.0. The Morgan fingerprint density at radius 2 is 1.21 bits per heavy atom. The summed E-state index contributed by atoms with van der Waals surface area (Å²) in [5, 5.41) is 0.895. The van der Waals surface area contributed by atoms with Gasteiger partial charge in [-0.05, 0) is 0 Å². The van der Waals surface area contributed by atoms with Crippen LogP contribution in [0.1, 0.15) is 32.6 Å². The van der Waals surface area contributed by atoms with Crippen molar-refractivity contribution in [2.45, 2.75) is 32.6 Å². The average Bonchev–Trinajstić information content (AvgIpc) is 2.79. The van der Waals surface area contributed by atoms with E-state index in [4.69, 9.17) is 0 Å². The summed E-state index contributed by atoms with van der Waals surface area (Å²) in [5.41, 5.74) is 0. The molecule has 0 fully saturated rings. The van der Waals surface area contributed by atoms with Gasteiger partial charge in [-0.2, -0.15) is 0 Å². The Morgan fingerprint density at radius 3 is 1.59 bits per heavy atom. The van der Waals surface area contributed by atoms with Crippen LogP contribution in [0.25, 0.3) is 0 Å². The third kappa shape index (κ3) is 4.55. The summed E-state index contributed by atoms with van der Waals surface area (Å²) in [4.78, 5) is 0. The number of hydrogen-bond acceptors (Lipinski definition) is 0. The van der Waals surface area contributed by atoms with Crippen LogP contribution < -0.4 is 15.9 Å². The zero-order valence-electron chi connectivity index (χ0n) is 17.0. The Bertz CT molecular complexity index is 823. The van der Waals surface area contributed by atoms with E-state index in [0.717, 1.165) is 19.0 Å². The summed E-state index contributed by atoms with van der Waals surface area (Å²) in [6.07, 6.45) is 5.78. The van der Waals surface area contributed by atoms with Gasteiger partial charge in [0.05, 0.1) is 0 Å². The second-order valence-electron chi connectivity index (χ2n) is 7.46. The molecule has 3 aromatic rings. The maximum absolute atomic E-state index is 14.4. The van der Waals surface area contributed by atoms with Crippen molar-refractivity contribution in [3.63, 3.8) is 0 Å². The standard InChI is InChI=1S/C26H29BrFP/c1-2-3-14-23(28)15-13-22-29(27,24-16-7-4-8-17-24,25-18-9-5-10-19-25)26-20-11-6-12-21-26/h4-12,15-21H,2-3,13-14,22H2,1H3. The molecule has 0 bridgehead atoms.